The molecule has 0 fully saturated rings. The first-order chi connectivity index (χ1) is 27.5. The number of rotatable bonds is 15. The Labute approximate surface area is 336 Å². The van der Waals surface area contributed by atoms with Crippen LogP contribution in [0.2, 0.25) is 0 Å². The summed E-state index contributed by atoms with van der Waals surface area (Å²) in [6.45, 7) is 0.320. The molecule has 56 heavy (non-hydrogen) atoms. The van der Waals surface area contributed by atoms with Crippen molar-refractivity contribution in [1.82, 2.24) is 0 Å². The fraction of sp³-hybridized carbons (Fsp3) is 0.125. The van der Waals surface area contributed by atoms with Crippen molar-refractivity contribution in [3.63, 3.8) is 0 Å². The highest BCUT2D eigenvalue weighted by molar-refractivity contribution is 8.16. The van der Waals surface area contributed by atoms with Crippen LogP contribution in [-0.2, 0) is 6.61 Å². The van der Waals surface area contributed by atoms with E-state index in [1.165, 1.54) is 0 Å². The summed E-state index contributed by atoms with van der Waals surface area (Å²) in [6.07, 6.45) is 4.43. The molecule has 0 bridgehead atoms. The van der Waals surface area contributed by atoms with Gasteiger partial charge in [0.1, 0.15) is 41.1 Å². The number of fused-ring (bicyclic) bond motifs is 1. The van der Waals surface area contributed by atoms with Crippen LogP contribution in [0.1, 0.15) is 27.8 Å². The molecule has 0 aliphatic rings. The van der Waals surface area contributed by atoms with Gasteiger partial charge in [-0.15, -0.1) is 11.3 Å². The predicted octanol–water partition coefficient (Wildman–Crippen LogP) is 12.6. The Kier molecular flexibility index (Phi) is 12.3. The number of hydrogen-bond acceptors (Lipinski definition) is 8. The predicted molar refractivity (Wildman–Crippen MR) is 233 cm³/mol. The summed E-state index contributed by atoms with van der Waals surface area (Å²) >= 11 is 3.41. The van der Waals surface area contributed by atoms with E-state index >= 15 is 0 Å². The zero-order valence-corrected chi connectivity index (χ0v) is 33.5. The van der Waals surface area contributed by atoms with Crippen molar-refractivity contribution in [2.75, 3.05) is 35.5 Å². The van der Waals surface area contributed by atoms with Gasteiger partial charge in [-0.2, -0.15) is 0 Å². The Balaban J connectivity index is 1.31. The zero-order valence-electron chi connectivity index (χ0n) is 31.9. The molecule has 6 aromatic carbocycles. The molecular weight excluding hydrogens is 737 g/mol. The monoisotopic (exact) mass is 778 g/mol. The second-order valence-corrected chi connectivity index (χ2v) is 14.8. The maximum Gasteiger partial charge on any atom is 0.146 e. The third-order valence-corrected chi connectivity index (χ3v) is 11.6. The first-order valence-corrected chi connectivity index (χ1v) is 19.6. The van der Waals surface area contributed by atoms with Gasteiger partial charge >= 0.3 is 0 Å². The molecule has 0 spiro atoms. The summed E-state index contributed by atoms with van der Waals surface area (Å²) in [6, 6.07) is 47.0. The second-order valence-electron chi connectivity index (χ2n) is 12.7. The van der Waals surface area contributed by atoms with Crippen molar-refractivity contribution in [3.05, 3.63) is 167 Å². The van der Waals surface area contributed by atoms with Gasteiger partial charge in [0.05, 0.1) is 40.4 Å². The van der Waals surface area contributed by atoms with Crippen LogP contribution >= 0.6 is 23.1 Å². The highest BCUT2D eigenvalue weighted by Crippen LogP contribution is 2.46. The summed E-state index contributed by atoms with van der Waals surface area (Å²) in [5.41, 5.74) is 6.20. The molecular formula is C48H42O6S2. The number of ether oxygens (including phenoxy) is 6. The summed E-state index contributed by atoms with van der Waals surface area (Å²) < 4.78 is 35.7. The summed E-state index contributed by atoms with van der Waals surface area (Å²) in [7, 11) is 8.40. The van der Waals surface area contributed by atoms with E-state index in [1.54, 1.807) is 58.6 Å². The van der Waals surface area contributed by atoms with E-state index in [-0.39, 0.29) is 0 Å². The van der Waals surface area contributed by atoms with E-state index in [2.05, 4.69) is 97.1 Å². The first kappa shape index (κ1) is 38.2. The normalized spacial score (nSPS) is 11.7. The Morgan fingerprint density at radius 3 is 1.61 bits per heavy atom. The number of hydrogen-bond donors (Lipinski definition) is 0. The average molecular weight is 779 g/mol. The molecule has 0 amide bonds. The van der Waals surface area contributed by atoms with Crippen molar-refractivity contribution in [1.29, 1.82) is 0 Å². The molecule has 0 saturated heterocycles. The number of thioether (sulfide) groups is 1. The van der Waals surface area contributed by atoms with Crippen LogP contribution in [0.25, 0.3) is 42.5 Å². The van der Waals surface area contributed by atoms with Crippen LogP contribution in [0.4, 0.5) is 0 Å². The van der Waals surface area contributed by atoms with E-state index in [0.29, 0.717) is 6.61 Å². The quantitative estimate of drug-likeness (QED) is 0.0961. The molecule has 0 unspecified atom stereocenters. The van der Waals surface area contributed by atoms with Gasteiger partial charge in [0.2, 0.25) is 0 Å². The van der Waals surface area contributed by atoms with E-state index in [0.717, 1.165) is 92.7 Å². The van der Waals surface area contributed by atoms with Crippen molar-refractivity contribution in [3.8, 4) is 44.9 Å². The smallest absolute Gasteiger partial charge is 0.146 e. The van der Waals surface area contributed by atoms with Crippen LogP contribution in [0.15, 0.2) is 140 Å². The topological polar surface area (TPSA) is 55.4 Å². The lowest BCUT2D eigenvalue weighted by molar-refractivity contribution is 0.311. The lowest BCUT2D eigenvalue weighted by Gasteiger charge is -2.16. The highest BCUT2D eigenvalue weighted by atomic mass is 32.2. The van der Waals surface area contributed by atoms with E-state index in [4.69, 9.17) is 28.4 Å². The van der Waals surface area contributed by atoms with Crippen LogP contribution < -0.4 is 28.4 Å². The molecule has 0 aliphatic carbocycles. The van der Waals surface area contributed by atoms with Gasteiger partial charge in [-0.1, -0.05) is 66.4 Å². The first-order valence-electron chi connectivity index (χ1n) is 18.0. The standard InChI is InChI=1S/C48H42O6S2/c1-49-38-19-10-32(11-20-38)28-45(33-12-21-39(50-2)22-13-33)55-46(34-14-23-40(51-3)24-15-34)30-36-18-27-42(53-5)29-37(36)31-54-47-43-8-6-7-9-44(43)56-48(47)35-16-25-41(52-4)26-17-35/h6-30H,31H2,1-5H3. The minimum atomic E-state index is 0.320. The third-order valence-electron chi connectivity index (χ3n) is 9.29. The maximum atomic E-state index is 6.85. The average Bonchev–Trinajstić information content (AvgIpc) is 3.64. The van der Waals surface area contributed by atoms with Gasteiger partial charge in [0.25, 0.3) is 0 Å². The Hall–Kier alpha value is -6.09. The Morgan fingerprint density at radius 1 is 0.536 bits per heavy atom. The van der Waals surface area contributed by atoms with E-state index < -0.39 is 0 Å². The van der Waals surface area contributed by atoms with E-state index in [9.17, 15) is 0 Å². The Bertz CT molecular complexity index is 2450. The maximum absolute atomic E-state index is 6.85. The molecule has 7 aromatic rings. The third kappa shape index (κ3) is 8.89. The minimum Gasteiger partial charge on any atom is -0.497 e. The van der Waals surface area contributed by atoms with Gasteiger partial charge in [-0.05, 0) is 125 Å². The van der Waals surface area contributed by atoms with Crippen LogP contribution in [0, 0.1) is 0 Å². The SMILES string of the molecule is COc1ccc(C=C(SC(=Cc2ccc(OC)cc2COc2c(-c3ccc(OC)cc3)sc3ccccc23)c2ccc(OC)cc2)c2ccc(OC)cc2)cc1. The van der Waals surface area contributed by atoms with Gasteiger partial charge in [0.15, 0.2) is 0 Å². The molecule has 0 saturated carbocycles. The number of methoxy groups -OCH3 is 5. The number of benzene rings is 6. The summed E-state index contributed by atoms with van der Waals surface area (Å²) in [5.74, 6) is 4.80. The van der Waals surface area contributed by atoms with E-state index in [1.807, 2.05) is 54.6 Å². The van der Waals surface area contributed by atoms with Gasteiger partial charge in [-0.25, -0.2) is 0 Å². The molecule has 7 rings (SSSR count). The Morgan fingerprint density at radius 2 is 1.04 bits per heavy atom. The molecule has 6 nitrogen and oxygen atoms in total. The minimum absolute atomic E-state index is 0.320. The fourth-order valence-corrected chi connectivity index (χ4v) is 8.47. The highest BCUT2D eigenvalue weighted by Gasteiger charge is 2.18. The van der Waals surface area contributed by atoms with Gasteiger partial charge < -0.3 is 28.4 Å². The lowest BCUT2D eigenvalue weighted by Crippen LogP contribution is -2.00. The van der Waals surface area contributed by atoms with Crippen molar-refractivity contribution in [2.24, 2.45) is 0 Å². The molecule has 0 atom stereocenters. The van der Waals surface area contributed by atoms with Crippen LogP contribution in [0.5, 0.6) is 34.5 Å². The van der Waals surface area contributed by atoms with Crippen molar-refractivity contribution in [2.45, 2.75) is 6.61 Å². The molecule has 8 heteroatoms. The molecule has 1 heterocycles. The van der Waals surface area contributed by atoms with Crippen LogP contribution in [-0.4, -0.2) is 35.5 Å². The van der Waals surface area contributed by atoms with Gasteiger partial charge in [-0.3, -0.25) is 0 Å². The molecule has 1 aromatic heterocycles. The zero-order chi connectivity index (χ0) is 38.9. The molecule has 0 aliphatic heterocycles. The van der Waals surface area contributed by atoms with Crippen LogP contribution in [0.3, 0.4) is 0 Å². The van der Waals surface area contributed by atoms with Gasteiger partial charge in [0, 0.05) is 25.5 Å². The number of thiophene rings is 1. The summed E-state index contributed by atoms with van der Waals surface area (Å²) in [4.78, 5) is 3.16. The fourth-order valence-electron chi connectivity index (χ4n) is 6.19. The molecule has 0 N–H and O–H groups in total. The lowest BCUT2D eigenvalue weighted by atomic mass is 10.1. The largest absolute Gasteiger partial charge is 0.497 e. The molecule has 282 valence electrons. The van der Waals surface area contributed by atoms with Crippen molar-refractivity contribution < 1.29 is 28.4 Å². The molecule has 0 radical (unpaired) electrons. The van der Waals surface area contributed by atoms with Crippen molar-refractivity contribution >= 4 is 55.1 Å². The second kappa shape index (κ2) is 18.0. The summed E-state index contributed by atoms with van der Waals surface area (Å²) in [5, 5.41) is 1.07.